The maximum Gasteiger partial charge on any atom is 0.206 e. The highest BCUT2D eigenvalue weighted by molar-refractivity contribution is 7.11. The van der Waals surface area contributed by atoms with Crippen LogP contribution in [-0.2, 0) is 0 Å². The maximum absolute atomic E-state index is 6.35. The van der Waals surface area contributed by atoms with Crippen LogP contribution in [0.5, 0.6) is 0 Å². The third kappa shape index (κ3) is 3.87. The molecule has 0 spiro atoms. The van der Waals surface area contributed by atoms with Gasteiger partial charge in [0.15, 0.2) is 0 Å². The second-order valence-corrected chi connectivity index (χ2v) is 7.39. The van der Waals surface area contributed by atoms with Crippen LogP contribution in [0.25, 0.3) is 11.3 Å². The molecule has 0 radical (unpaired) electrons. The summed E-state index contributed by atoms with van der Waals surface area (Å²) in [5, 5.41) is 9.82. The zero-order valence-corrected chi connectivity index (χ0v) is 15.7. The van der Waals surface area contributed by atoms with Crippen LogP contribution in [-0.4, -0.2) is 17.4 Å². The Hall–Kier alpha value is -1.66. The summed E-state index contributed by atoms with van der Waals surface area (Å²) >= 11 is 15.6. The largest absolute Gasteiger partial charge is 0.253 e. The van der Waals surface area contributed by atoms with Crippen molar-refractivity contribution in [2.75, 3.05) is 6.54 Å². The van der Waals surface area contributed by atoms with E-state index in [0.29, 0.717) is 16.6 Å². The molecule has 0 amide bonds. The van der Waals surface area contributed by atoms with E-state index in [-0.39, 0.29) is 0 Å². The van der Waals surface area contributed by atoms with E-state index in [2.05, 4.69) is 16.7 Å². The average molecular weight is 394 g/mol. The number of thiazole rings is 1. The highest BCUT2D eigenvalue weighted by atomic mass is 35.5. The number of aromatic nitrogens is 1. The minimum atomic E-state index is 0.526. The fourth-order valence-electron chi connectivity index (χ4n) is 2.02. The number of thiophene rings is 1. The number of nitrogens with zero attached hydrogens (tertiary/aromatic N) is 3. The number of hydrogen-bond acceptors (Lipinski definition) is 4. The Morgan fingerprint density at radius 2 is 2.08 bits per heavy atom. The summed E-state index contributed by atoms with van der Waals surface area (Å²) in [4.78, 5) is 6.33. The molecule has 0 N–H and O–H groups in total. The molecule has 0 bridgehead atoms. The van der Waals surface area contributed by atoms with Crippen LogP contribution in [0.4, 0.5) is 0 Å². The molecule has 0 saturated carbocycles. The topological polar surface area (TPSA) is 29.6 Å². The summed E-state index contributed by atoms with van der Waals surface area (Å²) in [5.74, 6) is 0. The smallest absolute Gasteiger partial charge is 0.206 e. The first-order valence-corrected chi connectivity index (χ1v) is 9.56. The van der Waals surface area contributed by atoms with Crippen molar-refractivity contribution in [1.82, 2.24) is 4.68 Å². The Labute approximate surface area is 157 Å². The average Bonchev–Trinajstić information content (AvgIpc) is 3.22. The van der Waals surface area contributed by atoms with Crippen LogP contribution in [0.2, 0.25) is 10.0 Å². The molecule has 0 saturated heterocycles. The summed E-state index contributed by atoms with van der Waals surface area (Å²) in [6.07, 6.45) is 3.56. The van der Waals surface area contributed by atoms with Crippen LogP contribution in [0.3, 0.4) is 0 Å². The normalized spacial score (nSPS) is 12.2. The molecule has 3 aromatic rings. The summed E-state index contributed by atoms with van der Waals surface area (Å²) in [6, 6.07) is 9.38. The van der Waals surface area contributed by atoms with Gasteiger partial charge in [-0.3, -0.25) is 4.99 Å². The number of halogens is 2. The molecule has 24 heavy (non-hydrogen) atoms. The Kier molecular flexibility index (Phi) is 5.68. The van der Waals surface area contributed by atoms with Crippen LogP contribution in [0.1, 0.15) is 4.88 Å². The van der Waals surface area contributed by atoms with Gasteiger partial charge in [0.25, 0.3) is 0 Å². The van der Waals surface area contributed by atoms with Gasteiger partial charge in [-0.25, -0.2) is 4.68 Å². The lowest BCUT2D eigenvalue weighted by molar-refractivity contribution is 0.841. The zero-order chi connectivity index (χ0) is 16.9. The summed E-state index contributed by atoms with van der Waals surface area (Å²) in [7, 11) is 0. The first-order chi connectivity index (χ1) is 11.7. The molecule has 2 aromatic heterocycles. The summed E-state index contributed by atoms with van der Waals surface area (Å²) in [6.45, 7) is 4.23. The van der Waals surface area contributed by atoms with E-state index in [1.165, 1.54) is 11.3 Å². The highest BCUT2D eigenvalue weighted by Gasteiger charge is 2.11. The molecular weight excluding hydrogens is 381 g/mol. The Morgan fingerprint density at radius 3 is 2.83 bits per heavy atom. The molecule has 0 aliphatic rings. The van der Waals surface area contributed by atoms with E-state index in [4.69, 9.17) is 23.2 Å². The molecule has 0 fully saturated rings. The highest BCUT2D eigenvalue weighted by Crippen LogP contribution is 2.30. The zero-order valence-electron chi connectivity index (χ0n) is 12.5. The van der Waals surface area contributed by atoms with Gasteiger partial charge in [0.05, 0.1) is 23.5 Å². The fourth-order valence-corrected chi connectivity index (χ4v) is 3.82. The van der Waals surface area contributed by atoms with E-state index >= 15 is 0 Å². The first kappa shape index (κ1) is 17.2. The van der Waals surface area contributed by atoms with Gasteiger partial charge in [0, 0.05) is 20.8 Å². The lowest BCUT2D eigenvalue weighted by Crippen LogP contribution is -2.12. The molecular formula is C17H13Cl2N3S2. The van der Waals surface area contributed by atoms with Crippen molar-refractivity contribution in [3.05, 3.63) is 73.5 Å². The number of benzene rings is 1. The second-order valence-electron chi connectivity index (χ2n) is 4.73. The monoisotopic (exact) mass is 393 g/mol. The van der Waals surface area contributed by atoms with Crippen molar-refractivity contribution in [3.8, 4) is 11.3 Å². The van der Waals surface area contributed by atoms with Gasteiger partial charge in [-0.05, 0) is 29.6 Å². The molecule has 1 aromatic carbocycles. The Bertz CT molecular complexity index is 937. The van der Waals surface area contributed by atoms with Crippen molar-refractivity contribution in [2.45, 2.75) is 0 Å². The van der Waals surface area contributed by atoms with Gasteiger partial charge in [0.2, 0.25) is 4.80 Å². The molecule has 3 nitrogen and oxygen atoms in total. The first-order valence-electron chi connectivity index (χ1n) is 7.04. The van der Waals surface area contributed by atoms with Gasteiger partial charge >= 0.3 is 0 Å². The third-order valence-corrected chi connectivity index (χ3v) is 5.31. The number of rotatable bonds is 5. The van der Waals surface area contributed by atoms with E-state index in [1.807, 2.05) is 35.2 Å². The van der Waals surface area contributed by atoms with E-state index in [0.717, 1.165) is 20.9 Å². The van der Waals surface area contributed by atoms with Crippen molar-refractivity contribution in [3.63, 3.8) is 0 Å². The van der Waals surface area contributed by atoms with E-state index < -0.39 is 0 Å². The Morgan fingerprint density at radius 1 is 1.21 bits per heavy atom. The minimum absolute atomic E-state index is 0.526. The van der Waals surface area contributed by atoms with Gasteiger partial charge in [0.1, 0.15) is 0 Å². The van der Waals surface area contributed by atoms with Gasteiger partial charge in [-0.15, -0.1) is 29.3 Å². The number of hydrogen-bond donors (Lipinski definition) is 0. The minimum Gasteiger partial charge on any atom is -0.253 e. The molecule has 0 aliphatic carbocycles. The molecule has 0 aliphatic heterocycles. The van der Waals surface area contributed by atoms with Crippen molar-refractivity contribution in [2.24, 2.45) is 10.1 Å². The molecule has 3 rings (SSSR count). The second kappa shape index (κ2) is 7.94. The van der Waals surface area contributed by atoms with Gasteiger partial charge in [-0.1, -0.05) is 35.3 Å². The van der Waals surface area contributed by atoms with Crippen molar-refractivity contribution >= 4 is 52.1 Å². The van der Waals surface area contributed by atoms with Crippen LogP contribution >= 0.6 is 45.9 Å². The van der Waals surface area contributed by atoms with Gasteiger partial charge in [-0.2, -0.15) is 5.10 Å². The summed E-state index contributed by atoms with van der Waals surface area (Å²) in [5.41, 5.74) is 1.67. The standard InChI is InChI=1S/C17H13Cl2N3S2/c1-2-7-20-17-22(21-10-13-4-3-8-23-13)16(11-24-17)14-9-12(18)5-6-15(14)19/h2-6,8-11H,1,7H2. The Balaban J connectivity index is 2.14. The molecule has 122 valence electrons. The predicted octanol–water partition coefficient (Wildman–Crippen LogP) is 5.55. The van der Waals surface area contributed by atoms with Crippen LogP contribution in [0, 0.1) is 0 Å². The SMILES string of the molecule is C=CCN=c1scc(-c2cc(Cl)ccc2Cl)n1N=Cc1cccs1. The molecule has 0 atom stereocenters. The quantitative estimate of drug-likeness (QED) is 0.401. The fraction of sp³-hybridized carbons (Fsp3) is 0.0588. The van der Waals surface area contributed by atoms with Crippen molar-refractivity contribution in [1.29, 1.82) is 0 Å². The maximum atomic E-state index is 6.35. The van der Waals surface area contributed by atoms with Crippen molar-refractivity contribution < 1.29 is 0 Å². The lowest BCUT2D eigenvalue weighted by atomic mass is 10.2. The summed E-state index contributed by atoms with van der Waals surface area (Å²) < 4.78 is 1.78. The van der Waals surface area contributed by atoms with Gasteiger partial charge < -0.3 is 0 Å². The predicted molar refractivity (Wildman–Crippen MR) is 106 cm³/mol. The van der Waals surface area contributed by atoms with Crippen LogP contribution < -0.4 is 4.80 Å². The third-order valence-electron chi connectivity index (χ3n) is 3.09. The lowest BCUT2D eigenvalue weighted by Gasteiger charge is -2.06. The molecule has 7 heteroatoms. The molecule has 0 unspecified atom stereocenters. The molecule has 2 heterocycles. The van der Waals surface area contributed by atoms with E-state index in [9.17, 15) is 0 Å². The van der Waals surface area contributed by atoms with Crippen LogP contribution in [0.15, 0.2) is 63.8 Å². The van der Waals surface area contributed by atoms with E-state index in [1.54, 1.807) is 34.2 Å².